The van der Waals surface area contributed by atoms with E-state index < -0.39 is 0 Å². The summed E-state index contributed by atoms with van der Waals surface area (Å²) >= 11 is 0. The van der Waals surface area contributed by atoms with Crippen molar-refractivity contribution in [3.05, 3.63) is 96.6 Å². The SMILES string of the molecule is COc1ccc(-c2nnc3ccc(OCCNC(=O)c4ccccc4Oc4ccccc4)nn23)cc1. The van der Waals surface area contributed by atoms with Gasteiger partial charge in [0.2, 0.25) is 5.88 Å². The maximum Gasteiger partial charge on any atom is 0.255 e. The Kier molecular flexibility index (Phi) is 6.70. The third-order valence-electron chi connectivity index (χ3n) is 5.33. The van der Waals surface area contributed by atoms with E-state index in [-0.39, 0.29) is 19.1 Å². The first kappa shape index (κ1) is 22.9. The molecular weight excluding hydrogens is 458 g/mol. The zero-order valence-electron chi connectivity index (χ0n) is 19.5. The second-order valence-corrected chi connectivity index (χ2v) is 7.71. The fourth-order valence-corrected chi connectivity index (χ4v) is 3.54. The third-order valence-corrected chi connectivity index (χ3v) is 5.33. The molecule has 0 saturated carbocycles. The minimum atomic E-state index is -0.255. The number of methoxy groups -OCH3 is 1. The summed E-state index contributed by atoms with van der Waals surface area (Å²) < 4.78 is 18.5. The number of ether oxygens (including phenoxy) is 3. The van der Waals surface area contributed by atoms with E-state index in [0.29, 0.717) is 34.4 Å². The highest BCUT2D eigenvalue weighted by Gasteiger charge is 2.13. The molecule has 2 heterocycles. The Bertz CT molecular complexity index is 1470. The van der Waals surface area contributed by atoms with Gasteiger partial charge in [0.05, 0.1) is 19.2 Å². The van der Waals surface area contributed by atoms with E-state index in [1.807, 2.05) is 60.7 Å². The van der Waals surface area contributed by atoms with Crippen molar-refractivity contribution < 1.29 is 19.0 Å². The van der Waals surface area contributed by atoms with Crippen LogP contribution in [0.1, 0.15) is 10.4 Å². The number of fused-ring (bicyclic) bond motifs is 1. The molecule has 0 aliphatic carbocycles. The van der Waals surface area contributed by atoms with Gasteiger partial charge in [-0.05, 0) is 54.6 Å². The second-order valence-electron chi connectivity index (χ2n) is 7.71. The largest absolute Gasteiger partial charge is 0.497 e. The fourth-order valence-electron chi connectivity index (χ4n) is 3.54. The standard InChI is InChI=1S/C27H23N5O4/c1-34-20-13-11-19(12-14-20)26-30-29-24-15-16-25(31-32(24)26)35-18-17-28-27(33)22-9-5-6-10-23(22)36-21-7-3-2-4-8-21/h2-16H,17-18H2,1H3,(H,28,33). The average molecular weight is 482 g/mol. The molecule has 5 aromatic rings. The lowest BCUT2D eigenvalue weighted by molar-refractivity contribution is 0.0944. The molecule has 3 aromatic carbocycles. The number of benzene rings is 3. The van der Waals surface area contributed by atoms with Crippen molar-refractivity contribution in [2.24, 2.45) is 0 Å². The summed E-state index contributed by atoms with van der Waals surface area (Å²) in [7, 11) is 1.62. The minimum absolute atomic E-state index is 0.228. The molecule has 180 valence electrons. The number of para-hydroxylation sites is 2. The summed E-state index contributed by atoms with van der Waals surface area (Å²) in [6, 6.07) is 27.4. The van der Waals surface area contributed by atoms with Crippen LogP contribution in [0.5, 0.6) is 23.1 Å². The van der Waals surface area contributed by atoms with Crippen molar-refractivity contribution in [3.8, 4) is 34.5 Å². The highest BCUT2D eigenvalue weighted by Crippen LogP contribution is 2.25. The normalized spacial score (nSPS) is 10.7. The van der Waals surface area contributed by atoms with Crippen LogP contribution < -0.4 is 19.5 Å². The summed E-state index contributed by atoms with van der Waals surface area (Å²) in [5.74, 6) is 2.61. The molecule has 0 aliphatic rings. The van der Waals surface area contributed by atoms with Gasteiger partial charge in [-0.2, -0.15) is 4.52 Å². The third kappa shape index (κ3) is 5.10. The lowest BCUT2D eigenvalue weighted by Crippen LogP contribution is -2.28. The molecule has 1 amide bonds. The zero-order valence-corrected chi connectivity index (χ0v) is 19.5. The highest BCUT2D eigenvalue weighted by atomic mass is 16.5. The lowest BCUT2D eigenvalue weighted by Gasteiger charge is -2.12. The van der Waals surface area contributed by atoms with E-state index in [4.69, 9.17) is 14.2 Å². The summed E-state index contributed by atoms with van der Waals surface area (Å²) in [6.45, 7) is 0.512. The molecule has 5 rings (SSSR count). The number of amides is 1. The molecule has 0 spiro atoms. The predicted octanol–water partition coefficient (Wildman–Crippen LogP) is 4.40. The Morgan fingerprint density at radius 3 is 2.44 bits per heavy atom. The number of hydrogen-bond donors (Lipinski definition) is 1. The Labute approximate surface area is 207 Å². The van der Waals surface area contributed by atoms with Gasteiger partial charge in [-0.25, -0.2) is 0 Å². The van der Waals surface area contributed by atoms with Crippen molar-refractivity contribution in [3.63, 3.8) is 0 Å². The van der Waals surface area contributed by atoms with Gasteiger partial charge in [0.25, 0.3) is 5.91 Å². The molecule has 1 N–H and O–H groups in total. The van der Waals surface area contributed by atoms with Gasteiger partial charge < -0.3 is 19.5 Å². The first-order valence-corrected chi connectivity index (χ1v) is 11.3. The van der Waals surface area contributed by atoms with Crippen LogP contribution in [0.25, 0.3) is 17.0 Å². The quantitative estimate of drug-likeness (QED) is 0.312. The second kappa shape index (κ2) is 10.6. The van der Waals surface area contributed by atoms with Crippen LogP contribution in [0.4, 0.5) is 0 Å². The van der Waals surface area contributed by atoms with E-state index in [1.54, 1.807) is 42.0 Å². The van der Waals surface area contributed by atoms with Crippen LogP contribution in [0, 0.1) is 0 Å². The first-order chi connectivity index (χ1) is 17.7. The van der Waals surface area contributed by atoms with Crippen molar-refractivity contribution in [1.82, 2.24) is 25.1 Å². The summed E-state index contributed by atoms with van der Waals surface area (Å²) in [5.41, 5.74) is 1.88. The molecular formula is C27H23N5O4. The number of carbonyl (C=O) groups is 1. The fraction of sp³-hybridized carbons (Fsp3) is 0.111. The van der Waals surface area contributed by atoms with E-state index in [2.05, 4.69) is 20.6 Å². The Balaban J connectivity index is 1.21. The summed E-state index contributed by atoms with van der Waals surface area (Å²) in [5, 5.41) is 15.8. The van der Waals surface area contributed by atoms with Crippen molar-refractivity contribution in [1.29, 1.82) is 0 Å². The summed E-state index contributed by atoms with van der Waals surface area (Å²) in [4.78, 5) is 12.8. The van der Waals surface area contributed by atoms with Crippen LogP contribution in [-0.4, -0.2) is 46.0 Å². The van der Waals surface area contributed by atoms with Gasteiger partial charge in [0.15, 0.2) is 11.5 Å². The van der Waals surface area contributed by atoms with E-state index in [1.165, 1.54) is 0 Å². The van der Waals surface area contributed by atoms with Crippen LogP contribution in [0.15, 0.2) is 91.0 Å². The number of hydrogen-bond acceptors (Lipinski definition) is 7. The van der Waals surface area contributed by atoms with E-state index in [9.17, 15) is 4.79 Å². The van der Waals surface area contributed by atoms with Crippen LogP contribution in [0.2, 0.25) is 0 Å². The molecule has 0 unspecified atom stereocenters. The molecule has 0 aliphatic heterocycles. The Morgan fingerprint density at radius 1 is 0.861 bits per heavy atom. The molecule has 0 fully saturated rings. The topological polar surface area (TPSA) is 99.9 Å². The number of rotatable bonds is 9. The summed E-state index contributed by atoms with van der Waals surface area (Å²) in [6.07, 6.45) is 0. The van der Waals surface area contributed by atoms with Crippen LogP contribution in [-0.2, 0) is 0 Å². The van der Waals surface area contributed by atoms with Gasteiger partial charge in [0, 0.05) is 11.6 Å². The Morgan fingerprint density at radius 2 is 1.64 bits per heavy atom. The predicted molar refractivity (Wildman–Crippen MR) is 134 cm³/mol. The zero-order chi connectivity index (χ0) is 24.7. The van der Waals surface area contributed by atoms with Gasteiger partial charge in [0.1, 0.15) is 23.9 Å². The number of nitrogens with one attached hydrogen (secondary N) is 1. The maximum atomic E-state index is 12.8. The molecule has 9 nitrogen and oxygen atoms in total. The lowest BCUT2D eigenvalue weighted by atomic mass is 10.2. The first-order valence-electron chi connectivity index (χ1n) is 11.3. The van der Waals surface area contributed by atoms with Gasteiger partial charge >= 0.3 is 0 Å². The molecule has 0 saturated heterocycles. The smallest absolute Gasteiger partial charge is 0.255 e. The Hall–Kier alpha value is -4.92. The molecule has 36 heavy (non-hydrogen) atoms. The maximum absolute atomic E-state index is 12.8. The number of aromatic nitrogens is 4. The molecule has 0 bridgehead atoms. The van der Waals surface area contributed by atoms with Gasteiger partial charge in [-0.3, -0.25) is 4.79 Å². The average Bonchev–Trinajstić information content (AvgIpc) is 3.35. The van der Waals surface area contributed by atoms with Crippen molar-refractivity contribution >= 4 is 11.6 Å². The van der Waals surface area contributed by atoms with E-state index in [0.717, 1.165) is 11.3 Å². The number of nitrogens with zero attached hydrogens (tertiary/aromatic N) is 4. The molecule has 2 aromatic heterocycles. The highest BCUT2D eigenvalue weighted by molar-refractivity contribution is 5.97. The van der Waals surface area contributed by atoms with E-state index >= 15 is 0 Å². The van der Waals surface area contributed by atoms with Gasteiger partial charge in [-0.1, -0.05) is 30.3 Å². The number of carbonyl (C=O) groups excluding carboxylic acids is 1. The molecule has 0 radical (unpaired) electrons. The van der Waals surface area contributed by atoms with Crippen LogP contribution in [0.3, 0.4) is 0 Å². The van der Waals surface area contributed by atoms with Gasteiger partial charge in [-0.15, -0.1) is 15.3 Å². The molecule has 9 heteroatoms. The monoisotopic (exact) mass is 481 g/mol. The minimum Gasteiger partial charge on any atom is -0.497 e. The van der Waals surface area contributed by atoms with Crippen LogP contribution >= 0.6 is 0 Å². The van der Waals surface area contributed by atoms with Crippen molar-refractivity contribution in [2.75, 3.05) is 20.3 Å². The molecule has 0 atom stereocenters. The van der Waals surface area contributed by atoms with Crippen molar-refractivity contribution in [2.45, 2.75) is 0 Å².